The van der Waals surface area contributed by atoms with Crippen molar-refractivity contribution in [2.24, 2.45) is 39.7 Å². The van der Waals surface area contributed by atoms with Crippen LogP contribution >= 0.6 is 12.4 Å². The van der Waals surface area contributed by atoms with Gasteiger partial charge in [0.15, 0.2) is 0 Å². The standard InChI is InChI=1S/C24H36N2O3.ClH/c1-23-9-7-15(26-29-14-16-4-3-11-25-16)12-20(23)21(27)13-17-18-5-6-22(28)24(18,2)10-8-19(17)23;/h16-20,25H,3-14H2,1-2H3;1H/b26-15+;/t16-,17-,18-,19-,20+,23+,24-;/m0./s1. The molecule has 1 aliphatic heterocycles. The maximum absolute atomic E-state index is 13.3. The quantitative estimate of drug-likeness (QED) is 0.669. The Labute approximate surface area is 186 Å². The molecule has 168 valence electrons. The Balaban J connectivity index is 0.00000218. The number of oxime groups is 1. The van der Waals surface area contributed by atoms with Crippen LogP contribution in [0.4, 0.5) is 0 Å². The predicted molar refractivity (Wildman–Crippen MR) is 119 cm³/mol. The van der Waals surface area contributed by atoms with Crippen molar-refractivity contribution < 1.29 is 14.4 Å². The van der Waals surface area contributed by atoms with Crippen LogP contribution in [0.1, 0.15) is 78.1 Å². The normalized spacial score (nSPS) is 46.7. The van der Waals surface area contributed by atoms with Gasteiger partial charge in [0.1, 0.15) is 18.2 Å². The SMILES string of the molecule is C[C@]12CC/C(=N\OC[C@@H]3CCCN3)C[C@@H]1C(=O)C[C@@H]1[C@@H]2CC[C@]2(C)C(=O)CC[C@@H]12.Cl. The zero-order valence-electron chi connectivity index (χ0n) is 18.5. The highest BCUT2D eigenvalue weighted by atomic mass is 35.5. The summed E-state index contributed by atoms with van der Waals surface area (Å²) in [6.45, 7) is 6.27. The van der Waals surface area contributed by atoms with Crippen molar-refractivity contribution in [2.75, 3.05) is 13.2 Å². The molecule has 0 radical (unpaired) electrons. The van der Waals surface area contributed by atoms with Crippen molar-refractivity contribution in [3.8, 4) is 0 Å². The largest absolute Gasteiger partial charge is 0.394 e. The van der Waals surface area contributed by atoms with E-state index in [1.54, 1.807) is 0 Å². The van der Waals surface area contributed by atoms with Gasteiger partial charge in [-0.25, -0.2) is 0 Å². The van der Waals surface area contributed by atoms with Gasteiger partial charge in [-0.2, -0.15) is 0 Å². The van der Waals surface area contributed by atoms with E-state index >= 15 is 0 Å². The predicted octanol–water partition coefficient (Wildman–Crippen LogP) is 4.32. The number of carbonyl (C=O) groups excluding carboxylic acids is 2. The van der Waals surface area contributed by atoms with Crippen LogP contribution in [0.5, 0.6) is 0 Å². The first-order valence-electron chi connectivity index (χ1n) is 11.9. The first-order chi connectivity index (χ1) is 13.9. The number of hydrogen-bond donors (Lipinski definition) is 1. The van der Waals surface area contributed by atoms with E-state index < -0.39 is 0 Å². The van der Waals surface area contributed by atoms with Gasteiger partial charge in [-0.05, 0) is 81.1 Å². The van der Waals surface area contributed by atoms with Gasteiger partial charge in [-0.3, -0.25) is 9.59 Å². The Kier molecular flexibility index (Phi) is 6.08. The van der Waals surface area contributed by atoms with Crippen LogP contribution in [0.3, 0.4) is 0 Å². The molecule has 1 heterocycles. The second kappa shape index (κ2) is 8.20. The molecular weight excluding hydrogens is 400 g/mol. The van der Waals surface area contributed by atoms with Crippen molar-refractivity contribution in [1.82, 2.24) is 5.32 Å². The molecule has 0 spiro atoms. The molecule has 1 saturated heterocycles. The van der Waals surface area contributed by atoms with Crippen LogP contribution in [0, 0.1) is 34.5 Å². The maximum Gasteiger partial charge on any atom is 0.139 e. The van der Waals surface area contributed by atoms with Crippen molar-refractivity contribution in [3.05, 3.63) is 0 Å². The fourth-order valence-corrected chi connectivity index (χ4v) is 7.82. The number of rotatable bonds is 3. The fourth-order valence-electron chi connectivity index (χ4n) is 7.82. The molecule has 5 fully saturated rings. The molecule has 7 atom stereocenters. The monoisotopic (exact) mass is 436 g/mol. The Hall–Kier alpha value is -0.940. The van der Waals surface area contributed by atoms with E-state index in [9.17, 15) is 9.59 Å². The molecular formula is C24H37ClN2O3. The van der Waals surface area contributed by atoms with Gasteiger partial charge in [0, 0.05) is 30.2 Å². The molecule has 5 aliphatic rings. The molecule has 0 bridgehead atoms. The summed E-state index contributed by atoms with van der Waals surface area (Å²) in [6.07, 6.45) is 9.67. The number of carbonyl (C=O) groups is 2. The van der Waals surface area contributed by atoms with Crippen LogP contribution < -0.4 is 5.32 Å². The van der Waals surface area contributed by atoms with Gasteiger partial charge < -0.3 is 10.2 Å². The highest BCUT2D eigenvalue weighted by molar-refractivity contribution is 5.93. The fraction of sp³-hybridized carbons (Fsp3) is 0.875. The minimum atomic E-state index is -0.159. The van der Waals surface area contributed by atoms with E-state index in [0.717, 1.165) is 63.6 Å². The molecule has 0 unspecified atom stereocenters. The smallest absolute Gasteiger partial charge is 0.139 e. The summed E-state index contributed by atoms with van der Waals surface area (Å²) >= 11 is 0. The van der Waals surface area contributed by atoms with Crippen LogP contribution in [0.2, 0.25) is 0 Å². The van der Waals surface area contributed by atoms with E-state index in [-0.39, 0.29) is 29.2 Å². The average Bonchev–Trinajstić information content (AvgIpc) is 3.31. The first-order valence-corrected chi connectivity index (χ1v) is 11.9. The van der Waals surface area contributed by atoms with E-state index in [2.05, 4.69) is 24.3 Å². The lowest BCUT2D eigenvalue weighted by Crippen LogP contribution is -2.56. The van der Waals surface area contributed by atoms with E-state index in [1.165, 1.54) is 6.42 Å². The van der Waals surface area contributed by atoms with Crippen LogP contribution in [-0.2, 0) is 14.4 Å². The lowest BCUT2D eigenvalue weighted by atomic mass is 9.45. The molecule has 0 amide bonds. The Morgan fingerprint density at radius 3 is 2.67 bits per heavy atom. The highest BCUT2D eigenvalue weighted by Gasteiger charge is 2.62. The van der Waals surface area contributed by atoms with E-state index in [0.29, 0.717) is 48.4 Å². The van der Waals surface area contributed by atoms with Crippen molar-refractivity contribution >= 4 is 29.7 Å². The number of nitrogens with zero attached hydrogens (tertiary/aromatic N) is 1. The van der Waals surface area contributed by atoms with Gasteiger partial charge in [-0.15, -0.1) is 12.4 Å². The van der Waals surface area contributed by atoms with Crippen LogP contribution in [0.25, 0.3) is 0 Å². The molecule has 6 heteroatoms. The third-order valence-corrected chi connectivity index (χ3v) is 9.64. The summed E-state index contributed by atoms with van der Waals surface area (Å²) in [5, 5.41) is 7.90. The van der Waals surface area contributed by atoms with Gasteiger partial charge >= 0.3 is 0 Å². The molecule has 4 saturated carbocycles. The van der Waals surface area contributed by atoms with Crippen LogP contribution in [-0.4, -0.2) is 36.5 Å². The Morgan fingerprint density at radius 1 is 1.07 bits per heavy atom. The summed E-state index contributed by atoms with van der Waals surface area (Å²) in [5.74, 6) is 2.38. The number of nitrogens with one attached hydrogen (secondary N) is 1. The first kappa shape index (κ1) is 22.3. The Bertz CT molecular complexity index is 734. The third-order valence-electron chi connectivity index (χ3n) is 9.64. The molecule has 5 rings (SSSR count). The minimum absolute atomic E-state index is 0. The highest BCUT2D eigenvalue weighted by Crippen LogP contribution is 2.64. The number of ketones is 2. The van der Waals surface area contributed by atoms with Crippen molar-refractivity contribution in [1.29, 1.82) is 0 Å². The molecule has 0 aromatic rings. The Morgan fingerprint density at radius 2 is 1.90 bits per heavy atom. The molecule has 4 aliphatic carbocycles. The zero-order chi connectivity index (χ0) is 20.2. The lowest BCUT2D eigenvalue weighted by Gasteiger charge is -2.58. The average molecular weight is 437 g/mol. The van der Waals surface area contributed by atoms with E-state index in [4.69, 9.17) is 4.84 Å². The number of halogens is 1. The maximum atomic E-state index is 13.3. The second-order valence-corrected chi connectivity index (χ2v) is 11.0. The summed E-state index contributed by atoms with van der Waals surface area (Å²) in [5.41, 5.74) is 0.988. The number of fused-ring (bicyclic) bond motifs is 5. The minimum Gasteiger partial charge on any atom is -0.394 e. The summed E-state index contributed by atoms with van der Waals surface area (Å²) in [4.78, 5) is 31.5. The van der Waals surface area contributed by atoms with Crippen molar-refractivity contribution in [2.45, 2.75) is 84.1 Å². The number of Topliss-reactive ketones (excluding diaryl/α,β-unsaturated/α-hetero) is 2. The summed E-state index contributed by atoms with van der Waals surface area (Å²) < 4.78 is 0. The molecule has 1 N–H and O–H groups in total. The molecule has 30 heavy (non-hydrogen) atoms. The molecule has 0 aromatic carbocycles. The number of hydrogen-bond acceptors (Lipinski definition) is 5. The van der Waals surface area contributed by atoms with Gasteiger partial charge in [-0.1, -0.05) is 19.0 Å². The van der Waals surface area contributed by atoms with Gasteiger partial charge in [0.05, 0.1) is 5.71 Å². The topological polar surface area (TPSA) is 67.8 Å². The zero-order valence-corrected chi connectivity index (χ0v) is 19.3. The van der Waals surface area contributed by atoms with E-state index in [1.807, 2.05) is 0 Å². The summed E-state index contributed by atoms with van der Waals surface area (Å²) in [6, 6.07) is 0.427. The van der Waals surface area contributed by atoms with Gasteiger partial charge in [0.2, 0.25) is 0 Å². The lowest BCUT2D eigenvalue weighted by molar-refractivity contribution is -0.152. The van der Waals surface area contributed by atoms with Gasteiger partial charge in [0.25, 0.3) is 0 Å². The van der Waals surface area contributed by atoms with Crippen LogP contribution in [0.15, 0.2) is 5.16 Å². The third kappa shape index (κ3) is 3.44. The summed E-state index contributed by atoms with van der Waals surface area (Å²) in [7, 11) is 0. The second-order valence-electron chi connectivity index (χ2n) is 11.0. The van der Waals surface area contributed by atoms with Crippen molar-refractivity contribution in [3.63, 3.8) is 0 Å². The molecule has 0 aromatic heterocycles. The molecule has 5 nitrogen and oxygen atoms in total.